The Hall–Kier alpha value is -0.850. The lowest BCUT2D eigenvalue weighted by molar-refractivity contribution is -0.111. The molecule has 1 aliphatic carbocycles. The number of carbonyl (C=O) groups is 1. The van der Waals surface area contributed by atoms with Gasteiger partial charge in [0, 0.05) is 0 Å². The van der Waals surface area contributed by atoms with Crippen LogP contribution in [-0.4, -0.2) is 5.78 Å². The maximum Gasteiger partial charge on any atom is 0.181 e. The second-order valence-corrected chi connectivity index (χ2v) is 3.50. The quantitative estimate of drug-likeness (QED) is 0.605. The number of ketones is 1. The minimum Gasteiger partial charge on any atom is -0.290 e. The normalized spacial score (nSPS) is 18.4. The van der Waals surface area contributed by atoms with Crippen LogP contribution in [0, 0.1) is 0 Å². The third-order valence-corrected chi connectivity index (χ3v) is 2.36. The standard InChI is InChI=1S/C12H18O/c1-2-3-10-12(13)11-8-6-4-5-7-9-11/h3,8,10H,2,4-7,9H2,1H3/b10-3+. The van der Waals surface area contributed by atoms with Crippen LogP contribution in [0.1, 0.15) is 45.4 Å². The van der Waals surface area contributed by atoms with Crippen molar-refractivity contribution in [2.45, 2.75) is 45.4 Å². The van der Waals surface area contributed by atoms with Crippen LogP contribution in [0.3, 0.4) is 0 Å². The summed E-state index contributed by atoms with van der Waals surface area (Å²) in [6.45, 7) is 2.05. The molecule has 0 saturated heterocycles. The van der Waals surface area contributed by atoms with E-state index in [9.17, 15) is 4.79 Å². The molecule has 0 N–H and O–H groups in total. The summed E-state index contributed by atoms with van der Waals surface area (Å²) in [5, 5.41) is 0. The van der Waals surface area contributed by atoms with E-state index in [4.69, 9.17) is 0 Å². The topological polar surface area (TPSA) is 17.1 Å². The number of hydrogen-bond acceptors (Lipinski definition) is 1. The third kappa shape index (κ3) is 3.58. The summed E-state index contributed by atoms with van der Waals surface area (Å²) in [5.74, 6) is 0.226. The average molecular weight is 178 g/mol. The van der Waals surface area contributed by atoms with E-state index in [-0.39, 0.29) is 5.78 Å². The molecule has 0 aliphatic heterocycles. The van der Waals surface area contributed by atoms with Gasteiger partial charge in [-0.2, -0.15) is 0 Å². The highest BCUT2D eigenvalue weighted by Gasteiger charge is 2.07. The van der Waals surface area contributed by atoms with Crippen molar-refractivity contribution in [3.05, 3.63) is 23.8 Å². The molecule has 0 aromatic heterocycles. The second-order valence-electron chi connectivity index (χ2n) is 3.50. The molecular formula is C12H18O. The highest BCUT2D eigenvalue weighted by molar-refractivity contribution is 6.03. The van der Waals surface area contributed by atoms with E-state index in [1.54, 1.807) is 6.08 Å². The van der Waals surface area contributed by atoms with E-state index in [2.05, 4.69) is 6.08 Å². The molecule has 1 heteroatoms. The molecular weight excluding hydrogens is 160 g/mol. The molecule has 0 saturated carbocycles. The van der Waals surface area contributed by atoms with Gasteiger partial charge in [0.15, 0.2) is 5.78 Å². The second kappa shape index (κ2) is 5.74. The predicted octanol–water partition coefficient (Wildman–Crippen LogP) is 3.41. The third-order valence-electron chi connectivity index (χ3n) is 2.36. The summed E-state index contributed by atoms with van der Waals surface area (Å²) in [6, 6.07) is 0. The van der Waals surface area contributed by atoms with E-state index in [0.29, 0.717) is 0 Å². The van der Waals surface area contributed by atoms with E-state index >= 15 is 0 Å². The van der Waals surface area contributed by atoms with Crippen LogP contribution in [-0.2, 0) is 4.79 Å². The van der Waals surface area contributed by atoms with Gasteiger partial charge in [-0.1, -0.05) is 25.5 Å². The van der Waals surface area contributed by atoms with Gasteiger partial charge >= 0.3 is 0 Å². The molecule has 13 heavy (non-hydrogen) atoms. The molecule has 1 aliphatic rings. The Morgan fingerprint density at radius 1 is 1.46 bits per heavy atom. The first-order valence-electron chi connectivity index (χ1n) is 5.24. The van der Waals surface area contributed by atoms with Crippen LogP contribution < -0.4 is 0 Å². The molecule has 1 nitrogen and oxygen atoms in total. The summed E-state index contributed by atoms with van der Waals surface area (Å²) in [5.41, 5.74) is 1.03. The molecule has 0 unspecified atom stereocenters. The van der Waals surface area contributed by atoms with Gasteiger partial charge in [0.1, 0.15) is 0 Å². The van der Waals surface area contributed by atoms with Crippen LogP contribution in [0.2, 0.25) is 0 Å². The fourth-order valence-electron chi connectivity index (χ4n) is 1.57. The van der Waals surface area contributed by atoms with Crippen molar-refractivity contribution in [2.24, 2.45) is 0 Å². The van der Waals surface area contributed by atoms with Crippen LogP contribution in [0.4, 0.5) is 0 Å². The SMILES string of the molecule is CC/C=C/C(=O)C1=CCCCCC1. The first-order chi connectivity index (χ1) is 6.34. The zero-order chi connectivity index (χ0) is 9.52. The molecule has 0 atom stereocenters. The summed E-state index contributed by atoms with van der Waals surface area (Å²) in [6.07, 6.45) is 12.5. The van der Waals surface area contributed by atoms with Crippen molar-refractivity contribution in [2.75, 3.05) is 0 Å². The van der Waals surface area contributed by atoms with Crippen molar-refractivity contribution in [3.63, 3.8) is 0 Å². The van der Waals surface area contributed by atoms with Gasteiger partial charge in [-0.3, -0.25) is 4.79 Å². The Morgan fingerprint density at radius 3 is 3.08 bits per heavy atom. The fourth-order valence-corrected chi connectivity index (χ4v) is 1.57. The fraction of sp³-hybridized carbons (Fsp3) is 0.583. The Kier molecular flexibility index (Phi) is 4.52. The molecule has 0 aromatic rings. The Balaban J connectivity index is 2.53. The van der Waals surface area contributed by atoms with E-state index in [1.807, 2.05) is 13.0 Å². The summed E-state index contributed by atoms with van der Waals surface area (Å²) in [7, 11) is 0. The summed E-state index contributed by atoms with van der Waals surface area (Å²) < 4.78 is 0. The van der Waals surface area contributed by atoms with Gasteiger partial charge in [-0.25, -0.2) is 0 Å². The Bertz CT molecular complexity index is 223. The minimum absolute atomic E-state index is 0.226. The number of rotatable bonds is 3. The van der Waals surface area contributed by atoms with Gasteiger partial charge in [-0.15, -0.1) is 0 Å². The first-order valence-corrected chi connectivity index (χ1v) is 5.24. The molecule has 0 heterocycles. The first kappa shape index (κ1) is 10.2. The van der Waals surface area contributed by atoms with Gasteiger partial charge in [0.05, 0.1) is 0 Å². The molecule has 72 valence electrons. The van der Waals surface area contributed by atoms with Crippen LogP contribution >= 0.6 is 0 Å². The largest absolute Gasteiger partial charge is 0.290 e. The van der Waals surface area contributed by atoms with Crippen molar-refractivity contribution in [3.8, 4) is 0 Å². The van der Waals surface area contributed by atoms with Crippen LogP contribution in [0.15, 0.2) is 23.8 Å². The predicted molar refractivity (Wildman–Crippen MR) is 55.6 cm³/mol. The number of allylic oxidation sites excluding steroid dienone is 4. The van der Waals surface area contributed by atoms with Crippen molar-refractivity contribution < 1.29 is 4.79 Å². The molecule has 0 radical (unpaired) electrons. The van der Waals surface area contributed by atoms with E-state index in [0.717, 1.165) is 24.8 Å². The van der Waals surface area contributed by atoms with Crippen molar-refractivity contribution in [1.29, 1.82) is 0 Å². The van der Waals surface area contributed by atoms with Gasteiger partial charge in [-0.05, 0) is 43.8 Å². The molecule has 0 bridgehead atoms. The summed E-state index contributed by atoms with van der Waals surface area (Å²) >= 11 is 0. The van der Waals surface area contributed by atoms with Crippen LogP contribution in [0.5, 0.6) is 0 Å². The average Bonchev–Trinajstić information content (AvgIpc) is 2.42. The van der Waals surface area contributed by atoms with Gasteiger partial charge < -0.3 is 0 Å². The smallest absolute Gasteiger partial charge is 0.181 e. The zero-order valence-electron chi connectivity index (χ0n) is 8.38. The molecule has 1 rings (SSSR count). The Labute approximate surface area is 80.5 Å². The highest BCUT2D eigenvalue weighted by atomic mass is 16.1. The Morgan fingerprint density at radius 2 is 2.31 bits per heavy atom. The molecule has 0 aromatic carbocycles. The lowest BCUT2D eigenvalue weighted by Crippen LogP contribution is -1.97. The molecule has 0 fully saturated rings. The number of hydrogen-bond donors (Lipinski definition) is 0. The highest BCUT2D eigenvalue weighted by Crippen LogP contribution is 2.18. The van der Waals surface area contributed by atoms with Crippen molar-refractivity contribution >= 4 is 5.78 Å². The lowest BCUT2D eigenvalue weighted by Gasteiger charge is -1.98. The zero-order valence-corrected chi connectivity index (χ0v) is 8.38. The summed E-state index contributed by atoms with van der Waals surface area (Å²) in [4.78, 5) is 11.6. The molecule has 0 spiro atoms. The van der Waals surface area contributed by atoms with Crippen molar-refractivity contribution in [1.82, 2.24) is 0 Å². The van der Waals surface area contributed by atoms with Gasteiger partial charge in [0.2, 0.25) is 0 Å². The van der Waals surface area contributed by atoms with E-state index in [1.165, 1.54) is 19.3 Å². The molecule has 0 amide bonds. The minimum atomic E-state index is 0.226. The maximum atomic E-state index is 11.6. The van der Waals surface area contributed by atoms with Gasteiger partial charge in [0.25, 0.3) is 0 Å². The maximum absolute atomic E-state index is 11.6. The van der Waals surface area contributed by atoms with Crippen LogP contribution in [0.25, 0.3) is 0 Å². The number of carbonyl (C=O) groups excluding carboxylic acids is 1. The lowest BCUT2D eigenvalue weighted by atomic mass is 10.1. The monoisotopic (exact) mass is 178 g/mol. The van der Waals surface area contributed by atoms with E-state index < -0.39 is 0 Å².